The Bertz CT molecular complexity index is 697. The van der Waals surface area contributed by atoms with Crippen molar-refractivity contribution in [3.8, 4) is 11.8 Å². The zero-order chi connectivity index (χ0) is 11.5. The number of fused-ring (bicyclic) bond motifs is 1. The Labute approximate surface area is 104 Å². The average Bonchev–Trinajstić information content (AvgIpc) is 2.89. The molecule has 0 unspecified atom stereocenters. The Hall–Kier alpha value is -2.11. The van der Waals surface area contributed by atoms with Gasteiger partial charge in [-0.3, -0.25) is 0 Å². The van der Waals surface area contributed by atoms with Gasteiger partial charge in [-0.2, -0.15) is 0 Å². The average molecular weight is 235 g/mol. The van der Waals surface area contributed by atoms with Crippen molar-refractivity contribution in [3.05, 3.63) is 64.6 Å². The van der Waals surface area contributed by atoms with Crippen molar-refractivity contribution >= 4 is 22.1 Å². The summed E-state index contributed by atoms with van der Waals surface area (Å²) in [7, 11) is 0. The first-order valence-electron chi connectivity index (χ1n) is 5.33. The molecule has 3 aromatic rings. The van der Waals surface area contributed by atoms with Crippen LogP contribution >= 0.6 is 11.3 Å². The molecule has 0 aliphatic heterocycles. The smallest absolute Gasteiger partial charge is 0.167 e. The molecular weight excluding hydrogens is 226 g/mol. The van der Waals surface area contributed by atoms with Gasteiger partial charge in [-0.25, -0.2) is 4.98 Å². The molecule has 0 N–H and O–H groups in total. The van der Waals surface area contributed by atoms with E-state index in [0.717, 1.165) is 10.6 Å². The molecule has 3 rings (SSSR count). The van der Waals surface area contributed by atoms with Gasteiger partial charge in [0.25, 0.3) is 0 Å². The molecule has 80 valence electrons. The zero-order valence-corrected chi connectivity index (χ0v) is 9.87. The molecule has 0 spiro atoms. The monoisotopic (exact) mass is 235 g/mol. The van der Waals surface area contributed by atoms with Crippen LogP contribution in [-0.2, 0) is 0 Å². The third-order valence-electron chi connectivity index (χ3n) is 2.53. The van der Waals surface area contributed by atoms with Crippen molar-refractivity contribution in [2.24, 2.45) is 0 Å². The molecule has 1 heterocycles. The van der Waals surface area contributed by atoms with Gasteiger partial charge >= 0.3 is 0 Å². The van der Waals surface area contributed by atoms with Gasteiger partial charge in [-0.15, -0.1) is 11.3 Å². The van der Waals surface area contributed by atoms with Gasteiger partial charge in [0.2, 0.25) is 0 Å². The largest absolute Gasteiger partial charge is 0.236 e. The maximum absolute atomic E-state index is 4.16. The van der Waals surface area contributed by atoms with Gasteiger partial charge < -0.3 is 0 Å². The van der Waals surface area contributed by atoms with Crippen LogP contribution in [0.3, 0.4) is 0 Å². The number of thiazole rings is 1. The third-order valence-corrected chi connectivity index (χ3v) is 3.21. The number of aromatic nitrogens is 1. The lowest BCUT2D eigenvalue weighted by Gasteiger charge is -1.98. The highest BCUT2D eigenvalue weighted by Crippen LogP contribution is 2.17. The molecule has 0 atom stereocenters. The first kappa shape index (κ1) is 10.1. The van der Waals surface area contributed by atoms with Crippen molar-refractivity contribution in [1.29, 1.82) is 0 Å². The summed E-state index contributed by atoms with van der Waals surface area (Å²) in [6.45, 7) is 0. The van der Waals surface area contributed by atoms with Crippen molar-refractivity contribution in [3.63, 3.8) is 0 Å². The Morgan fingerprint density at radius 2 is 1.82 bits per heavy atom. The fraction of sp³-hybridized carbons (Fsp3) is 0. The predicted molar refractivity (Wildman–Crippen MR) is 72.0 cm³/mol. The van der Waals surface area contributed by atoms with Crippen molar-refractivity contribution < 1.29 is 0 Å². The van der Waals surface area contributed by atoms with E-state index in [0.29, 0.717) is 0 Å². The van der Waals surface area contributed by atoms with Crippen molar-refractivity contribution in [2.45, 2.75) is 0 Å². The molecular formula is C15H9NS. The molecule has 1 aromatic heterocycles. The van der Waals surface area contributed by atoms with E-state index in [1.807, 2.05) is 29.6 Å². The molecule has 0 saturated carbocycles. The van der Waals surface area contributed by atoms with Crippen LogP contribution in [0.5, 0.6) is 0 Å². The second-order valence-electron chi connectivity index (χ2n) is 3.61. The number of benzene rings is 2. The van der Waals surface area contributed by atoms with Gasteiger partial charge in [0, 0.05) is 17.1 Å². The van der Waals surface area contributed by atoms with Crippen LogP contribution in [0.4, 0.5) is 0 Å². The van der Waals surface area contributed by atoms with E-state index in [2.05, 4.69) is 35.0 Å². The van der Waals surface area contributed by atoms with E-state index < -0.39 is 0 Å². The third kappa shape index (κ3) is 2.06. The first-order valence-corrected chi connectivity index (χ1v) is 6.21. The van der Waals surface area contributed by atoms with Gasteiger partial charge in [0.1, 0.15) is 0 Å². The molecule has 0 amide bonds. The summed E-state index contributed by atoms with van der Waals surface area (Å²) in [4.78, 5) is 4.16. The standard InChI is InChI=1S/C15H9NS/c1-2-7-14-12(4-1)5-3-6-13(14)8-9-15-16-10-11-17-15/h1-7,10-11H. The van der Waals surface area contributed by atoms with Crippen LogP contribution in [0.25, 0.3) is 10.8 Å². The second kappa shape index (κ2) is 4.40. The summed E-state index contributed by atoms with van der Waals surface area (Å²) in [6, 6.07) is 14.5. The maximum atomic E-state index is 4.16. The summed E-state index contributed by atoms with van der Waals surface area (Å²) >= 11 is 1.56. The molecule has 0 fully saturated rings. The van der Waals surface area contributed by atoms with Crippen LogP contribution < -0.4 is 0 Å². The quantitative estimate of drug-likeness (QED) is 0.541. The van der Waals surface area contributed by atoms with E-state index >= 15 is 0 Å². The Morgan fingerprint density at radius 1 is 0.941 bits per heavy atom. The van der Waals surface area contributed by atoms with E-state index in [1.165, 1.54) is 10.8 Å². The summed E-state index contributed by atoms with van der Waals surface area (Å²) in [6.07, 6.45) is 1.78. The second-order valence-corrected chi connectivity index (χ2v) is 4.51. The fourth-order valence-corrected chi connectivity index (χ4v) is 2.22. The highest BCUT2D eigenvalue weighted by atomic mass is 32.1. The number of rotatable bonds is 0. The van der Waals surface area contributed by atoms with Crippen LogP contribution in [0.2, 0.25) is 0 Å². The van der Waals surface area contributed by atoms with Gasteiger partial charge in [0.15, 0.2) is 5.01 Å². The van der Waals surface area contributed by atoms with Crippen molar-refractivity contribution in [1.82, 2.24) is 4.98 Å². The highest BCUT2D eigenvalue weighted by Gasteiger charge is 1.96. The first-order chi connectivity index (χ1) is 8.43. The van der Waals surface area contributed by atoms with E-state index in [9.17, 15) is 0 Å². The number of hydrogen-bond donors (Lipinski definition) is 0. The van der Waals surface area contributed by atoms with Gasteiger partial charge in [-0.05, 0) is 22.8 Å². The van der Waals surface area contributed by atoms with Crippen LogP contribution in [0.1, 0.15) is 10.6 Å². The van der Waals surface area contributed by atoms with E-state index in [4.69, 9.17) is 0 Å². The minimum Gasteiger partial charge on any atom is -0.236 e. The lowest BCUT2D eigenvalue weighted by Crippen LogP contribution is -1.79. The molecule has 0 bridgehead atoms. The minimum absolute atomic E-state index is 0.859. The maximum Gasteiger partial charge on any atom is 0.167 e. The van der Waals surface area contributed by atoms with Crippen LogP contribution in [0.15, 0.2) is 54.0 Å². The SMILES string of the molecule is C(#Cc1cccc2ccccc12)c1nccs1. The molecule has 0 radical (unpaired) electrons. The van der Waals surface area contributed by atoms with Crippen LogP contribution in [0, 0.1) is 11.8 Å². The number of hydrogen-bond acceptors (Lipinski definition) is 2. The van der Waals surface area contributed by atoms with E-state index in [1.54, 1.807) is 17.5 Å². The molecule has 0 aliphatic rings. The molecule has 0 aliphatic carbocycles. The fourth-order valence-electron chi connectivity index (χ4n) is 1.74. The normalized spacial score (nSPS) is 9.88. The predicted octanol–water partition coefficient (Wildman–Crippen LogP) is 3.70. The summed E-state index contributed by atoms with van der Waals surface area (Å²) in [5.74, 6) is 6.28. The Morgan fingerprint density at radius 3 is 2.71 bits per heavy atom. The molecule has 2 aromatic carbocycles. The van der Waals surface area contributed by atoms with E-state index in [-0.39, 0.29) is 0 Å². The minimum atomic E-state index is 0.859. The zero-order valence-electron chi connectivity index (χ0n) is 9.05. The van der Waals surface area contributed by atoms with Crippen molar-refractivity contribution in [2.75, 3.05) is 0 Å². The Balaban J connectivity index is 2.12. The molecule has 0 saturated heterocycles. The summed E-state index contributed by atoms with van der Waals surface area (Å²) in [5.41, 5.74) is 1.05. The van der Waals surface area contributed by atoms with Gasteiger partial charge in [-0.1, -0.05) is 42.3 Å². The van der Waals surface area contributed by atoms with Gasteiger partial charge in [0.05, 0.1) is 0 Å². The number of nitrogens with zero attached hydrogens (tertiary/aromatic N) is 1. The Kier molecular flexibility index (Phi) is 2.61. The lowest BCUT2D eigenvalue weighted by atomic mass is 10.1. The molecule has 17 heavy (non-hydrogen) atoms. The van der Waals surface area contributed by atoms with Crippen LogP contribution in [-0.4, -0.2) is 4.98 Å². The highest BCUT2D eigenvalue weighted by molar-refractivity contribution is 7.10. The molecule has 2 heteroatoms. The lowest BCUT2D eigenvalue weighted by molar-refractivity contribution is 1.39. The summed E-state index contributed by atoms with van der Waals surface area (Å²) in [5, 5.41) is 5.21. The topological polar surface area (TPSA) is 12.9 Å². The summed E-state index contributed by atoms with van der Waals surface area (Å²) < 4.78 is 0. The molecule has 1 nitrogen and oxygen atoms in total.